The molecule has 0 radical (unpaired) electrons. The second-order valence-electron chi connectivity index (χ2n) is 9.84. The van der Waals surface area contributed by atoms with Crippen molar-refractivity contribution >= 4 is 23.3 Å². The third-order valence-electron chi connectivity index (χ3n) is 6.28. The van der Waals surface area contributed by atoms with Crippen molar-refractivity contribution in [1.29, 1.82) is 0 Å². The van der Waals surface area contributed by atoms with Gasteiger partial charge in [-0.3, -0.25) is 14.6 Å². The first kappa shape index (κ1) is 25.1. The molecule has 0 saturated heterocycles. The van der Waals surface area contributed by atoms with Crippen LogP contribution in [0.5, 0.6) is 0 Å². The SMILES string of the molecule is Cc1ccc(NC(=O)c2ccnc(C(C)(C)F)c2)cc1-c1nccc(-c2ccnc(NC(=O)C3CC3)c2)n1. The highest BCUT2D eigenvalue weighted by Crippen LogP contribution is 2.31. The minimum absolute atomic E-state index is 0.0103. The molecule has 1 aliphatic rings. The van der Waals surface area contributed by atoms with Crippen molar-refractivity contribution in [2.24, 2.45) is 5.92 Å². The number of rotatable bonds is 7. The maximum absolute atomic E-state index is 14.3. The first-order valence-corrected chi connectivity index (χ1v) is 12.4. The predicted molar refractivity (Wildman–Crippen MR) is 143 cm³/mol. The summed E-state index contributed by atoms with van der Waals surface area (Å²) in [6, 6.07) is 13.9. The topological polar surface area (TPSA) is 110 Å². The third-order valence-corrected chi connectivity index (χ3v) is 6.28. The number of benzene rings is 1. The first-order valence-electron chi connectivity index (χ1n) is 12.4. The van der Waals surface area contributed by atoms with Crippen LogP contribution in [0.15, 0.2) is 67.1 Å². The smallest absolute Gasteiger partial charge is 0.255 e. The summed E-state index contributed by atoms with van der Waals surface area (Å²) >= 11 is 0. The standard InChI is InChI=1S/C29H27FN6O2/c1-17-4-7-21(34-28(38)20-9-11-31-24(14-20)29(2,3)30)16-22(17)26-33-13-10-23(35-26)19-8-12-32-25(15-19)36-27(37)18-5-6-18/h4,7-16,18H,5-6H2,1-3H3,(H,34,38)(H,32,36,37). The molecule has 4 aromatic rings. The molecule has 9 heteroatoms. The van der Waals surface area contributed by atoms with Crippen LogP contribution in [0.4, 0.5) is 15.9 Å². The summed E-state index contributed by atoms with van der Waals surface area (Å²) in [5.74, 6) is 0.666. The molecule has 0 atom stereocenters. The average Bonchev–Trinajstić information content (AvgIpc) is 3.75. The van der Waals surface area contributed by atoms with Gasteiger partial charge in [0, 0.05) is 46.9 Å². The maximum atomic E-state index is 14.3. The van der Waals surface area contributed by atoms with E-state index < -0.39 is 5.67 Å². The van der Waals surface area contributed by atoms with E-state index in [9.17, 15) is 14.0 Å². The highest BCUT2D eigenvalue weighted by Gasteiger charge is 2.29. The number of carbonyl (C=O) groups excluding carboxylic acids is 2. The fourth-order valence-corrected chi connectivity index (χ4v) is 3.92. The summed E-state index contributed by atoms with van der Waals surface area (Å²) in [7, 11) is 0. The molecule has 5 rings (SSSR count). The van der Waals surface area contributed by atoms with Crippen molar-refractivity contribution < 1.29 is 14.0 Å². The number of hydrogen-bond acceptors (Lipinski definition) is 6. The van der Waals surface area contributed by atoms with E-state index in [0.29, 0.717) is 28.6 Å². The lowest BCUT2D eigenvalue weighted by molar-refractivity contribution is -0.117. The van der Waals surface area contributed by atoms with Crippen LogP contribution in [0, 0.1) is 12.8 Å². The number of aromatic nitrogens is 4. The largest absolute Gasteiger partial charge is 0.322 e. The fraction of sp³-hybridized carbons (Fsp3) is 0.241. The van der Waals surface area contributed by atoms with Gasteiger partial charge in [-0.25, -0.2) is 19.3 Å². The van der Waals surface area contributed by atoms with E-state index in [1.54, 1.807) is 42.7 Å². The summed E-state index contributed by atoms with van der Waals surface area (Å²) in [6.45, 7) is 4.73. The zero-order valence-electron chi connectivity index (χ0n) is 21.3. The van der Waals surface area contributed by atoms with E-state index in [4.69, 9.17) is 4.98 Å². The maximum Gasteiger partial charge on any atom is 0.255 e. The van der Waals surface area contributed by atoms with Gasteiger partial charge in [0.2, 0.25) is 5.91 Å². The van der Waals surface area contributed by atoms with E-state index in [1.165, 1.54) is 26.1 Å². The third kappa shape index (κ3) is 5.72. The lowest BCUT2D eigenvalue weighted by Crippen LogP contribution is -2.16. The van der Waals surface area contributed by atoms with Crippen LogP contribution in [0.1, 0.15) is 48.3 Å². The summed E-state index contributed by atoms with van der Waals surface area (Å²) in [6.07, 6.45) is 6.56. The van der Waals surface area contributed by atoms with E-state index in [-0.39, 0.29) is 23.4 Å². The van der Waals surface area contributed by atoms with Crippen LogP contribution in [0.2, 0.25) is 0 Å². The van der Waals surface area contributed by atoms with Crippen LogP contribution < -0.4 is 10.6 Å². The van der Waals surface area contributed by atoms with Crippen molar-refractivity contribution in [3.8, 4) is 22.6 Å². The normalized spacial score (nSPS) is 13.2. The van der Waals surface area contributed by atoms with Crippen molar-refractivity contribution in [3.63, 3.8) is 0 Å². The Morgan fingerprint density at radius 1 is 0.921 bits per heavy atom. The average molecular weight is 511 g/mol. The summed E-state index contributed by atoms with van der Waals surface area (Å²) in [4.78, 5) is 42.5. The Morgan fingerprint density at radius 2 is 1.68 bits per heavy atom. The Bertz CT molecular complexity index is 1530. The highest BCUT2D eigenvalue weighted by atomic mass is 19.1. The molecule has 192 valence electrons. The number of pyridine rings is 2. The number of halogens is 1. The number of amides is 2. The molecule has 8 nitrogen and oxygen atoms in total. The van der Waals surface area contributed by atoms with Gasteiger partial charge in [-0.05, 0) is 81.6 Å². The molecule has 1 aromatic carbocycles. The number of aryl methyl sites for hydroxylation is 1. The molecule has 38 heavy (non-hydrogen) atoms. The van der Waals surface area contributed by atoms with Crippen molar-refractivity contribution in [3.05, 3.63) is 83.9 Å². The van der Waals surface area contributed by atoms with Crippen molar-refractivity contribution in [2.45, 2.75) is 39.3 Å². The quantitative estimate of drug-likeness (QED) is 0.329. The number of anilines is 2. The minimum Gasteiger partial charge on any atom is -0.322 e. The second kappa shape index (κ2) is 10.1. The van der Waals surface area contributed by atoms with Gasteiger partial charge >= 0.3 is 0 Å². The first-order chi connectivity index (χ1) is 18.2. The van der Waals surface area contributed by atoms with Crippen LogP contribution in [-0.4, -0.2) is 31.8 Å². The van der Waals surface area contributed by atoms with Gasteiger partial charge in [-0.2, -0.15) is 0 Å². The molecule has 1 saturated carbocycles. The molecule has 1 fully saturated rings. The number of alkyl halides is 1. The van der Waals surface area contributed by atoms with Crippen LogP contribution in [-0.2, 0) is 10.5 Å². The lowest BCUT2D eigenvalue weighted by Gasteiger charge is -2.14. The molecule has 0 unspecified atom stereocenters. The van der Waals surface area contributed by atoms with E-state index in [0.717, 1.165) is 29.5 Å². The van der Waals surface area contributed by atoms with E-state index >= 15 is 0 Å². The van der Waals surface area contributed by atoms with Crippen LogP contribution in [0.3, 0.4) is 0 Å². The molecule has 0 spiro atoms. The van der Waals surface area contributed by atoms with Gasteiger partial charge in [0.1, 0.15) is 11.5 Å². The van der Waals surface area contributed by atoms with Gasteiger partial charge in [0.15, 0.2) is 5.82 Å². The fourth-order valence-electron chi connectivity index (χ4n) is 3.92. The Hall–Kier alpha value is -4.53. The molecule has 2 N–H and O–H groups in total. The monoisotopic (exact) mass is 510 g/mol. The minimum atomic E-state index is -1.66. The lowest BCUT2D eigenvalue weighted by atomic mass is 10.0. The summed E-state index contributed by atoms with van der Waals surface area (Å²) < 4.78 is 14.3. The van der Waals surface area contributed by atoms with Crippen LogP contribution >= 0.6 is 0 Å². The number of nitrogens with one attached hydrogen (secondary N) is 2. The van der Waals surface area contributed by atoms with Gasteiger partial charge in [-0.1, -0.05) is 6.07 Å². The number of nitrogens with zero attached hydrogens (tertiary/aromatic N) is 4. The zero-order chi connectivity index (χ0) is 26.9. The molecule has 1 aliphatic carbocycles. The second-order valence-corrected chi connectivity index (χ2v) is 9.84. The van der Waals surface area contributed by atoms with Crippen molar-refractivity contribution in [2.75, 3.05) is 10.6 Å². The number of carbonyl (C=O) groups is 2. The van der Waals surface area contributed by atoms with E-state index in [2.05, 4.69) is 25.6 Å². The molecule has 2 amide bonds. The molecule has 0 aliphatic heterocycles. The molecule has 0 bridgehead atoms. The van der Waals surface area contributed by atoms with Gasteiger partial charge < -0.3 is 10.6 Å². The molecular weight excluding hydrogens is 483 g/mol. The van der Waals surface area contributed by atoms with E-state index in [1.807, 2.05) is 19.1 Å². The summed E-state index contributed by atoms with van der Waals surface area (Å²) in [5.41, 5.74) is 2.53. The van der Waals surface area contributed by atoms with Crippen molar-refractivity contribution in [1.82, 2.24) is 19.9 Å². The Kier molecular flexibility index (Phi) is 6.67. The Labute approximate surface area is 219 Å². The predicted octanol–water partition coefficient (Wildman–Crippen LogP) is 5.71. The van der Waals surface area contributed by atoms with Gasteiger partial charge in [-0.15, -0.1) is 0 Å². The Balaban J connectivity index is 1.38. The molecular formula is C29H27FN6O2. The van der Waals surface area contributed by atoms with Crippen LogP contribution in [0.25, 0.3) is 22.6 Å². The zero-order valence-corrected chi connectivity index (χ0v) is 21.3. The molecule has 3 heterocycles. The van der Waals surface area contributed by atoms with Gasteiger partial charge in [0.25, 0.3) is 5.91 Å². The summed E-state index contributed by atoms with van der Waals surface area (Å²) in [5, 5.41) is 5.73. The number of hydrogen-bond donors (Lipinski definition) is 2. The highest BCUT2D eigenvalue weighted by molar-refractivity contribution is 6.04. The Morgan fingerprint density at radius 3 is 2.45 bits per heavy atom. The van der Waals surface area contributed by atoms with Gasteiger partial charge in [0.05, 0.1) is 11.4 Å². The molecule has 3 aromatic heterocycles.